The molecule has 6 nitrogen and oxygen atoms in total. The third kappa shape index (κ3) is 6.04. The molecule has 32 heavy (non-hydrogen) atoms. The number of carbonyl (C=O) groups excluding carboxylic acids is 3. The summed E-state index contributed by atoms with van der Waals surface area (Å²) in [4.78, 5) is 37.8. The molecule has 3 rings (SSSR count). The van der Waals surface area contributed by atoms with Crippen LogP contribution in [0.3, 0.4) is 0 Å². The molecule has 0 unspecified atom stereocenters. The summed E-state index contributed by atoms with van der Waals surface area (Å²) >= 11 is 3.32. The number of hydrogen-bond acceptors (Lipinski definition) is 6. The van der Waals surface area contributed by atoms with Crippen LogP contribution in [0.2, 0.25) is 0 Å². The van der Waals surface area contributed by atoms with E-state index in [1.807, 2.05) is 0 Å². The molecule has 0 aromatic heterocycles. The Kier molecular flexibility index (Phi) is 7.10. The molecule has 0 radical (unpaired) electrons. The van der Waals surface area contributed by atoms with Crippen LogP contribution in [0, 0.1) is 0 Å². The van der Waals surface area contributed by atoms with Gasteiger partial charge in [-0.25, -0.2) is 14.4 Å². The SMILES string of the molecule is CC(C)(C)OC(=O)c1cc(OC(=O)c2ccccc2)c(Br)c(OC(=O)c2ccccc2)c1. The molecule has 0 fully saturated rings. The second kappa shape index (κ2) is 9.78. The summed E-state index contributed by atoms with van der Waals surface area (Å²) in [6.07, 6.45) is 0. The molecule has 0 heterocycles. The summed E-state index contributed by atoms with van der Waals surface area (Å²) in [6, 6.07) is 19.5. The third-order valence-corrected chi connectivity index (χ3v) is 4.85. The molecule has 0 atom stereocenters. The van der Waals surface area contributed by atoms with Crippen molar-refractivity contribution in [1.29, 1.82) is 0 Å². The lowest BCUT2D eigenvalue weighted by molar-refractivity contribution is 0.00676. The maximum atomic E-state index is 12.7. The molecular formula is C25H21BrO6. The maximum absolute atomic E-state index is 12.7. The van der Waals surface area contributed by atoms with E-state index in [9.17, 15) is 14.4 Å². The number of rotatable bonds is 5. The third-order valence-electron chi connectivity index (χ3n) is 4.06. The van der Waals surface area contributed by atoms with E-state index in [1.165, 1.54) is 12.1 Å². The zero-order chi connectivity index (χ0) is 23.3. The summed E-state index contributed by atoms with van der Waals surface area (Å²) in [5.41, 5.74) is -0.0315. The quantitative estimate of drug-likeness (QED) is 0.326. The molecule has 0 saturated carbocycles. The van der Waals surface area contributed by atoms with Crippen LogP contribution in [0.15, 0.2) is 77.3 Å². The van der Waals surface area contributed by atoms with Crippen LogP contribution in [-0.2, 0) is 4.74 Å². The molecule has 0 saturated heterocycles. The standard InChI is InChI=1S/C25H21BrO6/c1-25(2,3)32-24(29)18-14-19(30-22(27)16-10-6-4-7-11-16)21(26)20(15-18)31-23(28)17-12-8-5-9-13-17/h4-15H,1-3H3. The van der Waals surface area contributed by atoms with E-state index in [4.69, 9.17) is 14.2 Å². The van der Waals surface area contributed by atoms with Crippen LogP contribution in [0.1, 0.15) is 51.8 Å². The average Bonchev–Trinajstić information content (AvgIpc) is 2.76. The number of benzene rings is 3. The Morgan fingerprint density at radius 3 is 1.44 bits per heavy atom. The van der Waals surface area contributed by atoms with Gasteiger partial charge in [0.1, 0.15) is 21.6 Å². The second-order valence-corrected chi connectivity index (χ2v) is 8.59. The van der Waals surface area contributed by atoms with Crippen molar-refractivity contribution in [3.63, 3.8) is 0 Å². The van der Waals surface area contributed by atoms with E-state index in [2.05, 4.69) is 15.9 Å². The molecule has 0 aliphatic rings. The van der Waals surface area contributed by atoms with Gasteiger partial charge in [0.25, 0.3) is 0 Å². The minimum atomic E-state index is -0.744. The molecule has 0 aliphatic heterocycles. The molecule has 164 valence electrons. The number of carbonyl (C=O) groups is 3. The maximum Gasteiger partial charge on any atom is 0.343 e. The fourth-order valence-electron chi connectivity index (χ4n) is 2.64. The smallest absolute Gasteiger partial charge is 0.343 e. The van der Waals surface area contributed by atoms with Gasteiger partial charge in [-0.3, -0.25) is 0 Å². The lowest BCUT2D eigenvalue weighted by Crippen LogP contribution is -2.24. The molecule has 0 bridgehead atoms. The number of ether oxygens (including phenoxy) is 3. The minimum Gasteiger partial charge on any atom is -0.456 e. The van der Waals surface area contributed by atoms with Crippen molar-refractivity contribution in [3.05, 3.63) is 94.0 Å². The van der Waals surface area contributed by atoms with Crippen LogP contribution >= 0.6 is 15.9 Å². The van der Waals surface area contributed by atoms with E-state index in [1.54, 1.807) is 81.4 Å². The van der Waals surface area contributed by atoms with Crippen LogP contribution in [0.25, 0.3) is 0 Å². The monoisotopic (exact) mass is 496 g/mol. The first-order valence-electron chi connectivity index (χ1n) is 9.75. The predicted octanol–water partition coefficient (Wildman–Crippen LogP) is 5.84. The summed E-state index contributed by atoms with van der Waals surface area (Å²) in [5, 5.41) is 0. The zero-order valence-corrected chi connectivity index (χ0v) is 19.3. The fraction of sp³-hybridized carbons (Fsp3) is 0.160. The molecule has 7 heteroatoms. The Hall–Kier alpha value is -3.45. The Bertz CT molecular complexity index is 1060. The van der Waals surface area contributed by atoms with Gasteiger partial charge in [0.05, 0.1) is 16.7 Å². The van der Waals surface area contributed by atoms with Gasteiger partial charge >= 0.3 is 17.9 Å². The zero-order valence-electron chi connectivity index (χ0n) is 17.8. The Labute approximate surface area is 194 Å². The van der Waals surface area contributed by atoms with Gasteiger partial charge < -0.3 is 14.2 Å². The Balaban J connectivity index is 1.98. The number of halogens is 1. The highest BCUT2D eigenvalue weighted by Gasteiger charge is 2.24. The van der Waals surface area contributed by atoms with Crippen LogP contribution in [0.5, 0.6) is 11.5 Å². The second-order valence-electron chi connectivity index (χ2n) is 7.80. The highest BCUT2D eigenvalue weighted by molar-refractivity contribution is 9.10. The van der Waals surface area contributed by atoms with E-state index >= 15 is 0 Å². The fourth-order valence-corrected chi connectivity index (χ4v) is 3.03. The lowest BCUT2D eigenvalue weighted by Gasteiger charge is -2.20. The average molecular weight is 497 g/mol. The largest absolute Gasteiger partial charge is 0.456 e. The normalized spacial score (nSPS) is 10.9. The summed E-state index contributed by atoms with van der Waals surface area (Å²) in [6.45, 7) is 5.20. The van der Waals surface area contributed by atoms with Gasteiger partial charge in [-0.1, -0.05) is 36.4 Å². The van der Waals surface area contributed by atoms with Gasteiger partial charge in [-0.05, 0) is 73.1 Å². The molecule has 3 aromatic carbocycles. The van der Waals surface area contributed by atoms with Crippen molar-refractivity contribution in [2.75, 3.05) is 0 Å². The van der Waals surface area contributed by atoms with Crippen molar-refractivity contribution in [2.45, 2.75) is 26.4 Å². The van der Waals surface area contributed by atoms with E-state index in [0.29, 0.717) is 11.1 Å². The Morgan fingerprint density at radius 1 is 0.656 bits per heavy atom. The molecule has 0 spiro atoms. The first-order chi connectivity index (χ1) is 15.1. The van der Waals surface area contributed by atoms with E-state index in [0.717, 1.165) is 0 Å². The van der Waals surface area contributed by atoms with Gasteiger partial charge in [0.2, 0.25) is 0 Å². The topological polar surface area (TPSA) is 78.9 Å². The van der Waals surface area contributed by atoms with Gasteiger partial charge in [-0.2, -0.15) is 0 Å². The first kappa shape index (κ1) is 23.2. The summed E-state index contributed by atoms with van der Waals surface area (Å²) in [7, 11) is 0. The molecule has 0 amide bonds. The van der Waals surface area contributed by atoms with Gasteiger partial charge in [-0.15, -0.1) is 0 Å². The van der Waals surface area contributed by atoms with Crippen molar-refractivity contribution in [3.8, 4) is 11.5 Å². The number of esters is 3. The summed E-state index contributed by atoms with van der Waals surface area (Å²) in [5.74, 6) is -1.89. The highest BCUT2D eigenvalue weighted by Crippen LogP contribution is 2.37. The molecular weight excluding hydrogens is 476 g/mol. The lowest BCUT2D eigenvalue weighted by atomic mass is 10.1. The number of hydrogen-bond donors (Lipinski definition) is 0. The minimum absolute atomic E-state index is 0.0121. The predicted molar refractivity (Wildman–Crippen MR) is 122 cm³/mol. The molecule has 0 N–H and O–H groups in total. The van der Waals surface area contributed by atoms with Gasteiger partial charge in [0.15, 0.2) is 0 Å². The van der Waals surface area contributed by atoms with Crippen molar-refractivity contribution >= 4 is 33.8 Å². The Morgan fingerprint density at radius 2 is 1.06 bits per heavy atom. The van der Waals surface area contributed by atoms with Crippen molar-refractivity contribution in [2.24, 2.45) is 0 Å². The highest BCUT2D eigenvalue weighted by atomic mass is 79.9. The van der Waals surface area contributed by atoms with Crippen molar-refractivity contribution in [1.82, 2.24) is 0 Å². The van der Waals surface area contributed by atoms with Crippen LogP contribution in [0.4, 0.5) is 0 Å². The molecule has 0 aliphatic carbocycles. The van der Waals surface area contributed by atoms with E-state index in [-0.39, 0.29) is 21.5 Å². The molecule has 3 aromatic rings. The van der Waals surface area contributed by atoms with E-state index < -0.39 is 23.5 Å². The first-order valence-corrected chi connectivity index (χ1v) is 10.5. The van der Waals surface area contributed by atoms with Gasteiger partial charge in [0, 0.05) is 0 Å². The van der Waals surface area contributed by atoms with Crippen molar-refractivity contribution < 1.29 is 28.6 Å². The summed E-state index contributed by atoms with van der Waals surface area (Å²) < 4.78 is 16.6. The van der Waals surface area contributed by atoms with Crippen LogP contribution < -0.4 is 9.47 Å². The van der Waals surface area contributed by atoms with Crippen LogP contribution in [-0.4, -0.2) is 23.5 Å².